The number of likely N-dealkylation sites (tertiary alicyclic amines) is 1. The third-order valence-electron chi connectivity index (χ3n) is 4.29. The fourth-order valence-corrected chi connectivity index (χ4v) is 2.83. The fourth-order valence-electron chi connectivity index (χ4n) is 2.83. The van der Waals surface area contributed by atoms with Crippen LogP contribution in [0, 0.1) is 0 Å². The van der Waals surface area contributed by atoms with Gasteiger partial charge >= 0.3 is 0 Å². The first kappa shape index (κ1) is 16.0. The zero-order valence-electron chi connectivity index (χ0n) is 13.1. The van der Waals surface area contributed by atoms with Gasteiger partial charge in [0.2, 0.25) is 5.91 Å². The van der Waals surface area contributed by atoms with E-state index in [1.807, 2.05) is 30.3 Å². The van der Waals surface area contributed by atoms with Crippen LogP contribution in [-0.4, -0.2) is 42.0 Å². The molecule has 1 saturated heterocycles. The molecule has 1 aromatic rings. The summed E-state index contributed by atoms with van der Waals surface area (Å²) in [5, 5.41) is 3.01. The Bertz CT molecular complexity index is 452. The van der Waals surface area contributed by atoms with Crippen LogP contribution in [0.2, 0.25) is 0 Å². The van der Waals surface area contributed by atoms with Crippen molar-refractivity contribution in [2.75, 3.05) is 19.6 Å². The van der Waals surface area contributed by atoms with Crippen molar-refractivity contribution in [1.29, 1.82) is 0 Å². The molecule has 1 aliphatic rings. The van der Waals surface area contributed by atoms with E-state index in [4.69, 9.17) is 5.73 Å². The van der Waals surface area contributed by atoms with E-state index in [1.165, 1.54) is 12.8 Å². The second-order valence-corrected chi connectivity index (χ2v) is 6.52. The van der Waals surface area contributed by atoms with Crippen molar-refractivity contribution in [2.45, 2.75) is 44.7 Å². The Hall–Kier alpha value is -1.39. The molecule has 116 valence electrons. The lowest BCUT2D eigenvalue weighted by Crippen LogP contribution is -2.53. The molecule has 1 amide bonds. The molecule has 1 heterocycles. The van der Waals surface area contributed by atoms with Crippen molar-refractivity contribution in [1.82, 2.24) is 10.2 Å². The van der Waals surface area contributed by atoms with Gasteiger partial charge in [0.15, 0.2) is 0 Å². The van der Waals surface area contributed by atoms with Crippen LogP contribution in [-0.2, 0) is 11.2 Å². The van der Waals surface area contributed by atoms with Crippen LogP contribution in [0.15, 0.2) is 30.3 Å². The van der Waals surface area contributed by atoms with Gasteiger partial charge in [0.25, 0.3) is 0 Å². The van der Waals surface area contributed by atoms with Crippen LogP contribution in [0.3, 0.4) is 0 Å². The van der Waals surface area contributed by atoms with Gasteiger partial charge in [-0.15, -0.1) is 0 Å². The van der Waals surface area contributed by atoms with E-state index in [0.29, 0.717) is 13.0 Å². The van der Waals surface area contributed by atoms with E-state index < -0.39 is 6.04 Å². The van der Waals surface area contributed by atoms with Crippen LogP contribution in [0.5, 0.6) is 0 Å². The van der Waals surface area contributed by atoms with Crippen molar-refractivity contribution < 1.29 is 4.79 Å². The van der Waals surface area contributed by atoms with E-state index in [2.05, 4.69) is 24.1 Å². The van der Waals surface area contributed by atoms with Gasteiger partial charge in [0, 0.05) is 12.1 Å². The number of amides is 1. The molecule has 2 rings (SSSR count). The monoisotopic (exact) mass is 289 g/mol. The molecule has 0 radical (unpaired) electrons. The molecule has 1 atom stereocenters. The highest BCUT2D eigenvalue weighted by molar-refractivity contribution is 5.81. The van der Waals surface area contributed by atoms with E-state index in [9.17, 15) is 4.79 Å². The number of hydrogen-bond donors (Lipinski definition) is 2. The zero-order chi connectivity index (χ0) is 15.3. The minimum Gasteiger partial charge on any atom is -0.353 e. The van der Waals surface area contributed by atoms with Gasteiger partial charge < -0.3 is 11.1 Å². The van der Waals surface area contributed by atoms with E-state index >= 15 is 0 Å². The summed E-state index contributed by atoms with van der Waals surface area (Å²) in [6.07, 6.45) is 3.09. The molecule has 0 aromatic heterocycles. The lowest BCUT2D eigenvalue weighted by atomic mass is 10.0. The van der Waals surface area contributed by atoms with Crippen LogP contribution in [0.25, 0.3) is 0 Å². The van der Waals surface area contributed by atoms with Gasteiger partial charge in [-0.2, -0.15) is 0 Å². The molecular formula is C17H27N3O. The summed E-state index contributed by atoms with van der Waals surface area (Å²) < 4.78 is 0. The first-order valence-electron chi connectivity index (χ1n) is 7.81. The summed E-state index contributed by atoms with van der Waals surface area (Å²) in [4.78, 5) is 14.6. The van der Waals surface area contributed by atoms with Crippen molar-refractivity contribution in [2.24, 2.45) is 5.73 Å². The number of nitrogens with one attached hydrogen (secondary N) is 1. The van der Waals surface area contributed by atoms with Crippen molar-refractivity contribution >= 4 is 5.91 Å². The maximum absolute atomic E-state index is 12.2. The van der Waals surface area contributed by atoms with E-state index in [-0.39, 0.29) is 11.4 Å². The molecule has 3 N–H and O–H groups in total. The average molecular weight is 289 g/mol. The molecular weight excluding hydrogens is 262 g/mol. The van der Waals surface area contributed by atoms with Gasteiger partial charge in [-0.1, -0.05) is 30.3 Å². The number of benzene rings is 1. The van der Waals surface area contributed by atoms with E-state index in [0.717, 1.165) is 18.7 Å². The smallest absolute Gasteiger partial charge is 0.237 e. The molecule has 0 saturated carbocycles. The average Bonchev–Trinajstić information content (AvgIpc) is 3.01. The maximum Gasteiger partial charge on any atom is 0.237 e. The largest absolute Gasteiger partial charge is 0.353 e. The molecule has 0 unspecified atom stereocenters. The zero-order valence-corrected chi connectivity index (χ0v) is 13.1. The minimum absolute atomic E-state index is 0.00136. The molecule has 0 aliphatic carbocycles. The van der Waals surface area contributed by atoms with Crippen LogP contribution in [0.4, 0.5) is 0 Å². The van der Waals surface area contributed by atoms with Crippen molar-refractivity contribution in [3.8, 4) is 0 Å². The lowest BCUT2D eigenvalue weighted by molar-refractivity contribution is -0.122. The summed E-state index contributed by atoms with van der Waals surface area (Å²) in [7, 11) is 0. The SMILES string of the molecule is CC(C)(CNC(=O)[C@@H](N)Cc1ccccc1)N1CCCC1. The highest BCUT2D eigenvalue weighted by atomic mass is 16.2. The van der Waals surface area contributed by atoms with Gasteiger partial charge in [-0.05, 0) is 51.8 Å². The molecule has 4 heteroatoms. The Morgan fingerprint density at radius 3 is 2.52 bits per heavy atom. The Morgan fingerprint density at radius 1 is 1.29 bits per heavy atom. The van der Waals surface area contributed by atoms with Crippen LogP contribution < -0.4 is 11.1 Å². The number of nitrogens with zero attached hydrogens (tertiary/aromatic N) is 1. The fraction of sp³-hybridized carbons (Fsp3) is 0.588. The predicted molar refractivity (Wildman–Crippen MR) is 86.0 cm³/mol. The number of nitrogens with two attached hydrogens (primary N) is 1. The normalized spacial score (nSPS) is 17.7. The third kappa shape index (κ3) is 4.55. The number of carbonyl (C=O) groups is 1. The van der Waals surface area contributed by atoms with Crippen molar-refractivity contribution in [3.63, 3.8) is 0 Å². The maximum atomic E-state index is 12.2. The molecule has 1 aromatic carbocycles. The van der Waals surface area contributed by atoms with Gasteiger partial charge in [-0.25, -0.2) is 0 Å². The number of hydrogen-bond acceptors (Lipinski definition) is 3. The Morgan fingerprint density at radius 2 is 1.90 bits per heavy atom. The molecule has 21 heavy (non-hydrogen) atoms. The summed E-state index contributed by atoms with van der Waals surface area (Å²) in [6.45, 7) is 7.26. The van der Waals surface area contributed by atoms with Gasteiger partial charge in [-0.3, -0.25) is 9.69 Å². The second kappa shape index (κ2) is 7.05. The van der Waals surface area contributed by atoms with Gasteiger partial charge in [0.1, 0.15) is 0 Å². The minimum atomic E-state index is -0.484. The van der Waals surface area contributed by atoms with Gasteiger partial charge in [0.05, 0.1) is 6.04 Å². The van der Waals surface area contributed by atoms with Crippen molar-refractivity contribution in [3.05, 3.63) is 35.9 Å². The first-order chi connectivity index (χ1) is 9.99. The number of carbonyl (C=O) groups excluding carboxylic acids is 1. The second-order valence-electron chi connectivity index (χ2n) is 6.52. The first-order valence-corrected chi connectivity index (χ1v) is 7.81. The summed E-state index contributed by atoms with van der Waals surface area (Å²) in [5.41, 5.74) is 7.10. The Balaban J connectivity index is 1.80. The highest BCUT2D eigenvalue weighted by Gasteiger charge is 2.29. The predicted octanol–water partition coefficient (Wildman–Crippen LogP) is 1.55. The summed E-state index contributed by atoms with van der Waals surface area (Å²) in [5.74, 6) is -0.0638. The Kier molecular flexibility index (Phi) is 5.37. The van der Waals surface area contributed by atoms with Crippen LogP contribution in [0.1, 0.15) is 32.3 Å². The van der Waals surface area contributed by atoms with E-state index in [1.54, 1.807) is 0 Å². The molecule has 0 bridgehead atoms. The Labute approximate surface area is 127 Å². The quantitative estimate of drug-likeness (QED) is 0.835. The standard InChI is InChI=1S/C17H27N3O/c1-17(2,20-10-6-7-11-20)13-19-16(21)15(18)12-14-8-4-3-5-9-14/h3-5,8-9,15H,6-7,10-13,18H2,1-2H3,(H,19,21)/t15-/m0/s1. The van der Waals surface area contributed by atoms with Crippen LogP contribution >= 0.6 is 0 Å². The lowest BCUT2D eigenvalue weighted by Gasteiger charge is -2.35. The molecule has 1 fully saturated rings. The highest BCUT2D eigenvalue weighted by Crippen LogP contribution is 2.20. The summed E-state index contributed by atoms with van der Waals surface area (Å²) >= 11 is 0. The summed E-state index contributed by atoms with van der Waals surface area (Å²) in [6, 6.07) is 9.42. The third-order valence-corrected chi connectivity index (χ3v) is 4.29. The number of rotatable bonds is 6. The molecule has 4 nitrogen and oxygen atoms in total. The molecule has 0 spiro atoms. The molecule has 1 aliphatic heterocycles. The topological polar surface area (TPSA) is 58.4 Å².